The van der Waals surface area contributed by atoms with Gasteiger partial charge in [0.1, 0.15) is 12.1 Å². The van der Waals surface area contributed by atoms with Gasteiger partial charge in [0.2, 0.25) is 5.91 Å². The van der Waals surface area contributed by atoms with Gasteiger partial charge in [0.15, 0.2) is 0 Å². The lowest BCUT2D eigenvalue weighted by atomic mass is 9.73. The molecule has 2 heterocycles. The highest BCUT2D eigenvalue weighted by atomic mass is 16.5. The number of hydrogen-bond acceptors (Lipinski definition) is 4. The molecule has 6 aliphatic rings. The van der Waals surface area contributed by atoms with E-state index in [1.807, 2.05) is 24.3 Å². The van der Waals surface area contributed by atoms with E-state index in [-0.39, 0.29) is 30.4 Å². The summed E-state index contributed by atoms with van der Waals surface area (Å²) in [6, 6.07) is 16.3. The Balaban J connectivity index is 0.992. The third kappa shape index (κ3) is 2.87. The zero-order valence-corrected chi connectivity index (χ0v) is 19.4. The maximum atomic E-state index is 13.4. The molecule has 2 aromatic carbocycles. The van der Waals surface area contributed by atoms with Gasteiger partial charge in [0.25, 0.3) is 0 Å². The van der Waals surface area contributed by atoms with Gasteiger partial charge in [-0.3, -0.25) is 4.79 Å². The van der Waals surface area contributed by atoms with Crippen LogP contribution in [0.3, 0.4) is 0 Å². The third-order valence-electron chi connectivity index (χ3n) is 9.36. The summed E-state index contributed by atoms with van der Waals surface area (Å²) in [5.74, 6) is -0.342. The number of fused-ring (bicyclic) bond motifs is 5. The molecule has 2 amide bonds. The van der Waals surface area contributed by atoms with Crippen LogP contribution < -0.4 is 5.32 Å². The molecule has 7 nitrogen and oxygen atoms in total. The van der Waals surface area contributed by atoms with Crippen LogP contribution >= 0.6 is 0 Å². The molecule has 8 rings (SSSR count). The molecule has 2 aromatic rings. The van der Waals surface area contributed by atoms with E-state index in [2.05, 4.69) is 29.6 Å². The standard InChI is InChI=1S/C28H28N2O5/c31-24(30-14-16-10-28(30,11-16)25(32)33)27-12-17(27)9-18(13-27)29-26(34)35-15-23-21-7-3-1-5-19(21)20-6-2-4-8-22(20)23/h1-8,16-18,23H,9-15H2,(H,29,34)(H,32,33). The van der Waals surface area contributed by atoms with Gasteiger partial charge in [-0.1, -0.05) is 48.5 Å². The summed E-state index contributed by atoms with van der Waals surface area (Å²) >= 11 is 0. The van der Waals surface area contributed by atoms with Crippen LogP contribution in [0.15, 0.2) is 48.5 Å². The van der Waals surface area contributed by atoms with Gasteiger partial charge in [0, 0.05) is 18.5 Å². The molecule has 4 aliphatic carbocycles. The van der Waals surface area contributed by atoms with E-state index in [9.17, 15) is 19.5 Å². The first kappa shape index (κ1) is 21.0. The van der Waals surface area contributed by atoms with Crippen molar-refractivity contribution in [1.82, 2.24) is 10.2 Å². The Hall–Kier alpha value is -3.35. The van der Waals surface area contributed by atoms with Crippen LogP contribution in [-0.2, 0) is 14.3 Å². The van der Waals surface area contributed by atoms with Gasteiger partial charge in [0.05, 0.1) is 5.41 Å². The zero-order chi connectivity index (χ0) is 23.9. The molecule has 0 aromatic heterocycles. The molecule has 2 N–H and O–H groups in total. The quantitative estimate of drug-likeness (QED) is 0.691. The molecule has 3 atom stereocenters. The summed E-state index contributed by atoms with van der Waals surface area (Å²) < 4.78 is 5.69. The Morgan fingerprint density at radius 3 is 2.29 bits per heavy atom. The molecule has 0 spiro atoms. The third-order valence-corrected chi connectivity index (χ3v) is 9.36. The molecule has 7 heteroatoms. The predicted octanol–water partition coefficient (Wildman–Crippen LogP) is 3.77. The van der Waals surface area contributed by atoms with Crippen LogP contribution in [0.4, 0.5) is 4.79 Å². The van der Waals surface area contributed by atoms with Gasteiger partial charge in [-0.2, -0.15) is 0 Å². The number of amides is 2. The van der Waals surface area contributed by atoms with E-state index < -0.39 is 23.0 Å². The van der Waals surface area contributed by atoms with Crippen molar-refractivity contribution in [2.75, 3.05) is 13.2 Å². The van der Waals surface area contributed by atoms with Crippen molar-refractivity contribution in [3.8, 4) is 11.1 Å². The number of carboxylic acid groups (broad SMARTS) is 1. The molecule has 2 saturated heterocycles. The zero-order valence-electron chi connectivity index (χ0n) is 19.4. The van der Waals surface area contributed by atoms with Gasteiger partial charge in [-0.15, -0.1) is 0 Å². The lowest BCUT2D eigenvalue weighted by Gasteiger charge is -2.39. The number of rotatable bonds is 5. The molecule has 3 unspecified atom stereocenters. The number of carboxylic acids is 1. The monoisotopic (exact) mass is 472 g/mol. The maximum Gasteiger partial charge on any atom is 0.407 e. The maximum absolute atomic E-state index is 13.4. The Morgan fingerprint density at radius 2 is 1.63 bits per heavy atom. The lowest BCUT2D eigenvalue weighted by Crippen LogP contribution is -2.56. The Bertz CT molecular complexity index is 1220. The lowest BCUT2D eigenvalue weighted by molar-refractivity contribution is -0.160. The number of carbonyl (C=O) groups excluding carboxylic acids is 2. The van der Waals surface area contributed by atoms with E-state index in [4.69, 9.17) is 4.74 Å². The van der Waals surface area contributed by atoms with Crippen LogP contribution in [0, 0.1) is 17.3 Å². The van der Waals surface area contributed by atoms with E-state index in [1.165, 1.54) is 22.3 Å². The summed E-state index contributed by atoms with van der Waals surface area (Å²) in [6.07, 6.45) is 2.81. The smallest absolute Gasteiger partial charge is 0.407 e. The van der Waals surface area contributed by atoms with Crippen molar-refractivity contribution in [3.05, 3.63) is 59.7 Å². The molecule has 2 aliphatic heterocycles. The highest BCUT2D eigenvalue weighted by Gasteiger charge is 2.71. The minimum Gasteiger partial charge on any atom is -0.479 e. The second-order valence-corrected chi connectivity index (χ2v) is 11.2. The van der Waals surface area contributed by atoms with Crippen molar-refractivity contribution in [2.24, 2.45) is 17.3 Å². The largest absolute Gasteiger partial charge is 0.479 e. The van der Waals surface area contributed by atoms with Gasteiger partial charge in [-0.25, -0.2) is 9.59 Å². The first-order chi connectivity index (χ1) is 16.9. The van der Waals surface area contributed by atoms with E-state index in [0.717, 1.165) is 12.8 Å². The first-order valence-corrected chi connectivity index (χ1v) is 12.6. The van der Waals surface area contributed by atoms with Crippen molar-refractivity contribution >= 4 is 18.0 Å². The second kappa shape index (κ2) is 7.09. The second-order valence-electron chi connectivity index (χ2n) is 11.2. The van der Waals surface area contributed by atoms with Gasteiger partial charge >= 0.3 is 12.1 Å². The summed E-state index contributed by atoms with van der Waals surface area (Å²) in [6.45, 7) is 0.820. The number of nitrogens with zero attached hydrogens (tertiary/aromatic N) is 1. The number of benzene rings is 2. The van der Waals surface area contributed by atoms with Gasteiger partial charge in [-0.05, 0) is 66.2 Å². The van der Waals surface area contributed by atoms with Crippen LogP contribution in [0.2, 0.25) is 0 Å². The molecule has 0 radical (unpaired) electrons. The fraction of sp³-hybridized carbons (Fsp3) is 0.464. The minimum atomic E-state index is -0.984. The molecular formula is C28H28N2O5. The van der Waals surface area contributed by atoms with Crippen LogP contribution in [-0.4, -0.2) is 52.7 Å². The summed E-state index contributed by atoms with van der Waals surface area (Å²) in [4.78, 5) is 39.7. The number of carbonyl (C=O) groups is 3. The Morgan fingerprint density at radius 1 is 0.971 bits per heavy atom. The molecule has 5 fully saturated rings. The minimum absolute atomic E-state index is 0.00640. The highest BCUT2D eigenvalue weighted by molar-refractivity contribution is 5.94. The van der Waals surface area contributed by atoms with Crippen molar-refractivity contribution in [2.45, 2.75) is 49.6 Å². The Kier molecular flexibility index (Phi) is 4.25. The molecule has 180 valence electrons. The van der Waals surface area contributed by atoms with Crippen LogP contribution in [0.5, 0.6) is 0 Å². The summed E-state index contributed by atoms with van der Waals surface area (Å²) in [5, 5.41) is 12.7. The number of ether oxygens (including phenoxy) is 1. The van der Waals surface area contributed by atoms with E-state index in [1.54, 1.807) is 4.90 Å². The fourth-order valence-corrected chi connectivity index (χ4v) is 7.59. The predicted molar refractivity (Wildman–Crippen MR) is 127 cm³/mol. The average molecular weight is 473 g/mol. The van der Waals surface area contributed by atoms with Crippen LogP contribution in [0.1, 0.15) is 49.1 Å². The average Bonchev–Trinajstić information content (AvgIpc) is 3.22. The van der Waals surface area contributed by atoms with Crippen molar-refractivity contribution in [1.29, 1.82) is 0 Å². The SMILES string of the molecule is O=C(NC1CC2CC2(C(=O)N2CC3CC2(C(=O)O)C3)C1)OCC1c2ccccc2-c2ccccc21. The fourth-order valence-electron chi connectivity index (χ4n) is 7.59. The number of aliphatic carboxylic acids is 1. The normalized spacial score (nSPS) is 33.4. The first-order valence-electron chi connectivity index (χ1n) is 12.6. The van der Waals surface area contributed by atoms with Crippen molar-refractivity contribution in [3.63, 3.8) is 0 Å². The summed E-state index contributed by atoms with van der Waals surface area (Å²) in [7, 11) is 0. The van der Waals surface area contributed by atoms with Crippen LogP contribution in [0.25, 0.3) is 11.1 Å². The highest BCUT2D eigenvalue weighted by Crippen LogP contribution is 2.66. The van der Waals surface area contributed by atoms with E-state index >= 15 is 0 Å². The molecule has 3 saturated carbocycles. The number of nitrogens with one attached hydrogen (secondary N) is 1. The number of alkyl carbamates (subject to hydrolysis) is 1. The molecule has 2 bridgehead atoms. The molecular weight excluding hydrogens is 444 g/mol. The van der Waals surface area contributed by atoms with E-state index in [0.29, 0.717) is 31.7 Å². The van der Waals surface area contributed by atoms with Gasteiger partial charge < -0.3 is 20.1 Å². The number of hydrogen-bond donors (Lipinski definition) is 2. The Labute approximate surface area is 203 Å². The van der Waals surface area contributed by atoms with Crippen molar-refractivity contribution < 1.29 is 24.2 Å². The topological polar surface area (TPSA) is 95.9 Å². The summed E-state index contributed by atoms with van der Waals surface area (Å²) in [5.41, 5.74) is 3.23. The molecule has 35 heavy (non-hydrogen) atoms.